The third-order valence-electron chi connectivity index (χ3n) is 2.51. The molecular formula is C14H31N. The molecule has 0 saturated carbocycles. The number of rotatable bonds is 5. The second-order valence-corrected chi connectivity index (χ2v) is 7.30. The van der Waals surface area contributed by atoms with Crippen LogP contribution in [0.3, 0.4) is 0 Å². The summed E-state index contributed by atoms with van der Waals surface area (Å²) in [5, 5.41) is 0. The second-order valence-electron chi connectivity index (χ2n) is 7.30. The van der Waals surface area contributed by atoms with Gasteiger partial charge in [-0.25, -0.2) is 0 Å². The Labute approximate surface area is 96.8 Å². The highest BCUT2D eigenvalue weighted by molar-refractivity contribution is 4.90. The number of hydrogen-bond acceptors (Lipinski definition) is 1. The summed E-state index contributed by atoms with van der Waals surface area (Å²) in [5.41, 5.74) is 6.95. The average molecular weight is 213 g/mol. The van der Waals surface area contributed by atoms with E-state index in [4.69, 9.17) is 5.73 Å². The molecule has 1 heteroatoms. The quantitative estimate of drug-likeness (QED) is 0.727. The van der Waals surface area contributed by atoms with Gasteiger partial charge < -0.3 is 5.73 Å². The molecule has 0 aliphatic heterocycles. The lowest BCUT2D eigenvalue weighted by molar-refractivity contribution is 0.192. The van der Waals surface area contributed by atoms with E-state index in [2.05, 4.69) is 48.5 Å². The van der Waals surface area contributed by atoms with Crippen molar-refractivity contribution < 1.29 is 0 Å². The Balaban J connectivity index is 4.54. The Morgan fingerprint density at radius 3 is 1.40 bits per heavy atom. The molecule has 0 fully saturated rings. The van der Waals surface area contributed by atoms with E-state index in [0.717, 1.165) is 19.3 Å². The molecular weight excluding hydrogens is 182 g/mol. The molecule has 0 radical (unpaired) electrons. The van der Waals surface area contributed by atoms with Crippen LogP contribution in [0.25, 0.3) is 0 Å². The molecule has 0 aromatic carbocycles. The standard InChI is InChI=1S/C14H31N/c1-11(2)8-14(15,9-12(3)4)10-13(5,6)7/h11-12H,8-10,15H2,1-7H3. The van der Waals surface area contributed by atoms with Crippen molar-refractivity contribution in [3.63, 3.8) is 0 Å². The van der Waals surface area contributed by atoms with E-state index < -0.39 is 0 Å². The molecule has 0 aliphatic rings. The van der Waals surface area contributed by atoms with E-state index >= 15 is 0 Å². The van der Waals surface area contributed by atoms with Gasteiger partial charge in [-0.05, 0) is 36.5 Å². The van der Waals surface area contributed by atoms with Crippen molar-refractivity contribution >= 4 is 0 Å². The van der Waals surface area contributed by atoms with E-state index in [0.29, 0.717) is 17.3 Å². The fourth-order valence-corrected chi connectivity index (χ4v) is 2.91. The number of nitrogens with two attached hydrogens (primary N) is 1. The van der Waals surface area contributed by atoms with Gasteiger partial charge in [0.2, 0.25) is 0 Å². The third kappa shape index (κ3) is 7.84. The Morgan fingerprint density at radius 1 is 0.867 bits per heavy atom. The van der Waals surface area contributed by atoms with Crippen molar-refractivity contribution in [1.82, 2.24) is 0 Å². The minimum Gasteiger partial charge on any atom is -0.325 e. The highest BCUT2D eigenvalue weighted by Gasteiger charge is 2.31. The lowest BCUT2D eigenvalue weighted by Crippen LogP contribution is -2.45. The molecule has 0 atom stereocenters. The maximum Gasteiger partial charge on any atom is 0.0164 e. The van der Waals surface area contributed by atoms with Gasteiger partial charge in [-0.15, -0.1) is 0 Å². The van der Waals surface area contributed by atoms with Crippen LogP contribution in [0.2, 0.25) is 0 Å². The highest BCUT2D eigenvalue weighted by atomic mass is 14.7. The van der Waals surface area contributed by atoms with Gasteiger partial charge in [0, 0.05) is 5.54 Å². The summed E-state index contributed by atoms with van der Waals surface area (Å²) in [7, 11) is 0. The first kappa shape index (κ1) is 15.0. The summed E-state index contributed by atoms with van der Waals surface area (Å²) in [5.74, 6) is 1.38. The average Bonchev–Trinajstić information content (AvgIpc) is 1.73. The lowest BCUT2D eigenvalue weighted by atomic mass is 9.72. The summed E-state index contributed by atoms with van der Waals surface area (Å²) >= 11 is 0. The summed E-state index contributed by atoms with van der Waals surface area (Å²) in [6.07, 6.45) is 3.40. The molecule has 15 heavy (non-hydrogen) atoms. The zero-order chi connectivity index (χ0) is 12.3. The molecule has 0 aromatic heterocycles. The van der Waals surface area contributed by atoms with E-state index in [1.807, 2.05) is 0 Å². The molecule has 1 nitrogen and oxygen atoms in total. The van der Waals surface area contributed by atoms with E-state index in [9.17, 15) is 0 Å². The van der Waals surface area contributed by atoms with Gasteiger partial charge in [-0.3, -0.25) is 0 Å². The smallest absolute Gasteiger partial charge is 0.0164 e. The fraction of sp³-hybridized carbons (Fsp3) is 1.00. The largest absolute Gasteiger partial charge is 0.325 e. The van der Waals surface area contributed by atoms with Gasteiger partial charge in [0.15, 0.2) is 0 Å². The van der Waals surface area contributed by atoms with Crippen LogP contribution in [0.1, 0.15) is 67.7 Å². The molecule has 2 N–H and O–H groups in total. The second kappa shape index (κ2) is 5.34. The van der Waals surface area contributed by atoms with Crippen molar-refractivity contribution in [2.24, 2.45) is 23.0 Å². The SMILES string of the molecule is CC(C)CC(N)(CC(C)C)CC(C)(C)C. The molecule has 0 aliphatic carbocycles. The first-order valence-corrected chi connectivity index (χ1v) is 6.33. The van der Waals surface area contributed by atoms with Gasteiger partial charge in [-0.1, -0.05) is 48.5 Å². The van der Waals surface area contributed by atoms with Crippen LogP contribution in [-0.2, 0) is 0 Å². The van der Waals surface area contributed by atoms with Crippen LogP contribution in [0.15, 0.2) is 0 Å². The van der Waals surface area contributed by atoms with Crippen LogP contribution in [0.4, 0.5) is 0 Å². The van der Waals surface area contributed by atoms with Crippen molar-refractivity contribution in [2.45, 2.75) is 73.3 Å². The predicted octanol–water partition coefficient (Wildman–Crippen LogP) is 4.21. The zero-order valence-corrected chi connectivity index (χ0v) is 11.9. The van der Waals surface area contributed by atoms with Crippen molar-refractivity contribution in [3.05, 3.63) is 0 Å². The van der Waals surface area contributed by atoms with Crippen LogP contribution < -0.4 is 5.73 Å². The predicted molar refractivity (Wildman–Crippen MR) is 69.9 cm³/mol. The molecule has 0 spiro atoms. The van der Waals surface area contributed by atoms with Gasteiger partial charge in [0.1, 0.15) is 0 Å². The molecule has 0 bridgehead atoms. The monoisotopic (exact) mass is 213 g/mol. The van der Waals surface area contributed by atoms with E-state index in [1.54, 1.807) is 0 Å². The van der Waals surface area contributed by atoms with Gasteiger partial charge in [-0.2, -0.15) is 0 Å². The first-order chi connectivity index (χ1) is 6.54. The van der Waals surface area contributed by atoms with Crippen LogP contribution in [0.5, 0.6) is 0 Å². The minimum atomic E-state index is 0.0284. The molecule has 0 saturated heterocycles. The maximum atomic E-state index is 6.59. The maximum absolute atomic E-state index is 6.59. The fourth-order valence-electron chi connectivity index (χ4n) is 2.91. The van der Waals surface area contributed by atoms with Gasteiger partial charge in [0.25, 0.3) is 0 Å². The first-order valence-electron chi connectivity index (χ1n) is 6.33. The molecule has 0 aromatic rings. The molecule has 0 amide bonds. The highest BCUT2D eigenvalue weighted by Crippen LogP contribution is 2.34. The van der Waals surface area contributed by atoms with E-state index in [1.165, 1.54) is 0 Å². The molecule has 92 valence electrons. The molecule has 0 unspecified atom stereocenters. The Morgan fingerprint density at radius 2 is 1.20 bits per heavy atom. The zero-order valence-electron chi connectivity index (χ0n) is 11.9. The number of hydrogen-bond donors (Lipinski definition) is 1. The normalized spacial score (nSPS) is 14.0. The summed E-state index contributed by atoms with van der Waals surface area (Å²) in [4.78, 5) is 0. The Kier molecular flexibility index (Phi) is 5.32. The van der Waals surface area contributed by atoms with Crippen molar-refractivity contribution in [1.29, 1.82) is 0 Å². The Hall–Kier alpha value is -0.0400. The van der Waals surface area contributed by atoms with E-state index in [-0.39, 0.29) is 5.54 Å². The topological polar surface area (TPSA) is 26.0 Å². The summed E-state index contributed by atoms with van der Waals surface area (Å²) in [6, 6.07) is 0. The molecule has 0 heterocycles. The van der Waals surface area contributed by atoms with Gasteiger partial charge >= 0.3 is 0 Å². The van der Waals surface area contributed by atoms with Gasteiger partial charge in [0.05, 0.1) is 0 Å². The summed E-state index contributed by atoms with van der Waals surface area (Å²) in [6.45, 7) is 15.9. The van der Waals surface area contributed by atoms with Crippen LogP contribution in [0, 0.1) is 17.3 Å². The molecule has 0 rings (SSSR count). The van der Waals surface area contributed by atoms with Crippen LogP contribution in [-0.4, -0.2) is 5.54 Å². The summed E-state index contributed by atoms with van der Waals surface area (Å²) < 4.78 is 0. The van der Waals surface area contributed by atoms with Crippen molar-refractivity contribution in [2.75, 3.05) is 0 Å². The van der Waals surface area contributed by atoms with Crippen molar-refractivity contribution in [3.8, 4) is 0 Å². The third-order valence-corrected chi connectivity index (χ3v) is 2.51. The Bertz CT molecular complexity index is 164. The minimum absolute atomic E-state index is 0.0284. The van der Waals surface area contributed by atoms with Crippen LogP contribution >= 0.6 is 0 Å². The lowest BCUT2D eigenvalue weighted by Gasteiger charge is -2.38.